The molecule has 0 amide bonds. The van der Waals surface area contributed by atoms with E-state index in [0.29, 0.717) is 0 Å². The van der Waals surface area contributed by atoms with E-state index < -0.39 is 0 Å². The van der Waals surface area contributed by atoms with E-state index in [4.69, 9.17) is 4.74 Å². The minimum atomic E-state index is 0.0130. The molecule has 0 spiro atoms. The predicted molar refractivity (Wildman–Crippen MR) is 92.0 cm³/mol. The lowest BCUT2D eigenvalue weighted by molar-refractivity contribution is -0.120. The number of Topliss-reactive ketones (excluding diaryl/α,β-unsaturated/α-hetero) is 1. The van der Waals surface area contributed by atoms with Crippen LogP contribution < -0.4 is 4.74 Å². The molecule has 1 aromatic rings. The number of nitrogens with zero attached hydrogens (tertiary/aromatic N) is 2. The highest BCUT2D eigenvalue weighted by Gasteiger charge is 2.34. The van der Waals surface area contributed by atoms with E-state index in [9.17, 15) is 4.79 Å². The number of hydrogen-bond donors (Lipinski definition) is 0. The van der Waals surface area contributed by atoms with Crippen molar-refractivity contribution < 1.29 is 9.53 Å². The van der Waals surface area contributed by atoms with Crippen LogP contribution in [0.2, 0.25) is 0 Å². The maximum atomic E-state index is 11.6. The van der Waals surface area contributed by atoms with E-state index in [1.807, 2.05) is 45.9 Å². The number of hydrogen-bond acceptors (Lipinski definition) is 4. The average Bonchev–Trinajstić information content (AvgIpc) is 2.98. The summed E-state index contributed by atoms with van der Waals surface area (Å²) in [4.78, 5) is 18.4. The second-order valence-corrected chi connectivity index (χ2v) is 4.82. The Morgan fingerprint density at radius 1 is 1.27 bits per heavy atom. The SMILES string of the molecule is CC.CC.COc1ccc2c(c1)N=C1CCC(C(C)=O)N1C2. The Kier molecular flexibility index (Phi) is 7.09. The monoisotopic (exact) mass is 304 g/mol. The first-order valence-corrected chi connectivity index (χ1v) is 8.20. The third kappa shape index (κ3) is 3.67. The van der Waals surface area contributed by atoms with Gasteiger partial charge in [0.2, 0.25) is 0 Å². The quantitative estimate of drug-likeness (QED) is 0.816. The molecule has 0 bridgehead atoms. The smallest absolute Gasteiger partial charge is 0.152 e. The van der Waals surface area contributed by atoms with Gasteiger partial charge in [-0.05, 0) is 25.0 Å². The Bertz CT molecular complexity index is 538. The van der Waals surface area contributed by atoms with Crippen molar-refractivity contribution in [2.45, 2.75) is 60.0 Å². The van der Waals surface area contributed by atoms with Crippen LogP contribution in [0.3, 0.4) is 0 Å². The molecule has 0 radical (unpaired) electrons. The number of benzene rings is 1. The molecule has 2 aliphatic rings. The van der Waals surface area contributed by atoms with Crippen molar-refractivity contribution in [1.82, 2.24) is 4.90 Å². The first-order valence-electron chi connectivity index (χ1n) is 8.20. The van der Waals surface area contributed by atoms with Gasteiger partial charge in [-0.2, -0.15) is 0 Å². The third-order valence-corrected chi connectivity index (χ3v) is 3.70. The molecule has 4 heteroatoms. The summed E-state index contributed by atoms with van der Waals surface area (Å²) >= 11 is 0. The summed E-state index contributed by atoms with van der Waals surface area (Å²) < 4.78 is 5.21. The fourth-order valence-electron chi connectivity index (χ4n) is 2.72. The van der Waals surface area contributed by atoms with Gasteiger partial charge in [0.15, 0.2) is 5.78 Å². The number of rotatable bonds is 2. The zero-order valence-corrected chi connectivity index (χ0v) is 14.6. The van der Waals surface area contributed by atoms with Gasteiger partial charge in [-0.3, -0.25) is 4.79 Å². The van der Waals surface area contributed by atoms with Crippen LogP contribution in [0.25, 0.3) is 0 Å². The molecule has 1 fully saturated rings. The van der Waals surface area contributed by atoms with Crippen LogP contribution in [0, 0.1) is 0 Å². The zero-order chi connectivity index (χ0) is 16.7. The number of ether oxygens (including phenoxy) is 1. The molecule has 2 aliphatic heterocycles. The molecule has 0 saturated carbocycles. The van der Waals surface area contributed by atoms with Crippen molar-refractivity contribution in [3.8, 4) is 5.75 Å². The lowest BCUT2D eigenvalue weighted by Crippen LogP contribution is -2.38. The highest BCUT2D eigenvalue weighted by molar-refractivity contribution is 5.95. The average molecular weight is 304 g/mol. The molecule has 2 heterocycles. The second kappa shape index (κ2) is 8.57. The molecule has 0 aromatic heterocycles. The minimum absolute atomic E-state index is 0.0130. The standard InChI is InChI=1S/C14H16N2O2.2C2H6/c1-9(17)13-5-6-14-15-12-7-11(18-2)4-3-10(12)8-16(13)14;2*1-2/h3-4,7,13H,5-6,8H2,1-2H3;2*1-2H3. The molecule has 1 atom stereocenters. The Morgan fingerprint density at radius 2 is 1.95 bits per heavy atom. The number of methoxy groups -OCH3 is 1. The van der Waals surface area contributed by atoms with E-state index >= 15 is 0 Å². The highest BCUT2D eigenvalue weighted by atomic mass is 16.5. The highest BCUT2D eigenvalue weighted by Crippen LogP contribution is 2.35. The van der Waals surface area contributed by atoms with Gasteiger partial charge < -0.3 is 9.64 Å². The summed E-state index contributed by atoms with van der Waals surface area (Å²) in [5.74, 6) is 2.10. The van der Waals surface area contributed by atoms with Gasteiger partial charge in [-0.25, -0.2) is 4.99 Å². The zero-order valence-electron chi connectivity index (χ0n) is 14.6. The Labute approximate surface area is 134 Å². The van der Waals surface area contributed by atoms with E-state index in [0.717, 1.165) is 42.2 Å². The van der Waals surface area contributed by atoms with Crippen molar-refractivity contribution in [2.75, 3.05) is 7.11 Å². The second-order valence-electron chi connectivity index (χ2n) is 4.82. The number of aliphatic imine (C=N–C) groups is 1. The lowest BCUT2D eigenvalue weighted by Gasteiger charge is -2.29. The maximum Gasteiger partial charge on any atom is 0.152 e. The summed E-state index contributed by atoms with van der Waals surface area (Å²) in [5.41, 5.74) is 2.14. The topological polar surface area (TPSA) is 41.9 Å². The Balaban J connectivity index is 0.000000561. The van der Waals surface area contributed by atoms with Crippen LogP contribution >= 0.6 is 0 Å². The first kappa shape index (κ1) is 18.2. The molecule has 1 aromatic carbocycles. The van der Waals surface area contributed by atoms with Crippen LogP contribution in [0.15, 0.2) is 23.2 Å². The molecular weight excluding hydrogens is 276 g/mol. The van der Waals surface area contributed by atoms with Gasteiger partial charge in [0.05, 0.1) is 18.8 Å². The van der Waals surface area contributed by atoms with Gasteiger partial charge >= 0.3 is 0 Å². The predicted octanol–water partition coefficient (Wildman–Crippen LogP) is 4.34. The Morgan fingerprint density at radius 3 is 2.55 bits per heavy atom. The molecule has 1 saturated heterocycles. The van der Waals surface area contributed by atoms with Gasteiger partial charge in [0.1, 0.15) is 11.6 Å². The number of fused-ring (bicyclic) bond motifs is 2. The summed E-state index contributed by atoms with van der Waals surface area (Å²) in [6, 6.07) is 5.95. The molecule has 3 rings (SSSR count). The summed E-state index contributed by atoms with van der Waals surface area (Å²) in [7, 11) is 1.66. The lowest BCUT2D eigenvalue weighted by atomic mass is 10.1. The van der Waals surface area contributed by atoms with Crippen LogP contribution in [-0.2, 0) is 11.3 Å². The van der Waals surface area contributed by atoms with Crippen LogP contribution in [0.1, 0.15) is 53.0 Å². The minimum Gasteiger partial charge on any atom is -0.497 e. The van der Waals surface area contributed by atoms with Crippen molar-refractivity contribution in [2.24, 2.45) is 4.99 Å². The van der Waals surface area contributed by atoms with Crippen LogP contribution in [0.5, 0.6) is 5.75 Å². The molecule has 122 valence electrons. The van der Waals surface area contributed by atoms with Gasteiger partial charge in [-0.1, -0.05) is 33.8 Å². The third-order valence-electron chi connectivity index (χ3n) is 3.70. The number of ketones is 1. The van der Waals surface area contributed by atoms with Gasteiger partial charge in [-0.15, -0.1) is 0 Å². The van der Waals surface area contributed by atoms with E-state index in [1.165, 1.54) is 0 Å². The summed E-state index contributed by atoms with van der Waals surface area (Å²) in [5, 5.41) is 0. The van der Waals surface area contributed by atoms with E-state index in [-0.39, 0.29) is 11.8 Å². The van der Waals surface area contributed by atoms with Crippen molar-refractivity contribution in [1.29, 1.82) is 0 Å². The normalized spacial score (nSPS) is 17.8. The largest absolute Gasteiger partial charge is 0.497 e. The van der Waals surface area contributed by atoms with Crippen molar-refractivity contribution in [3.05, 3.63) is 23.8 Å². The molecule has 0 N–H and O–H groups in total. The van der Waals surface area contributed by atoms with Gasteiger partial charge in [0, 0.05) is 19.0 Å². The fraction of sp³-hybridized carbons (Fsp3) is 0.556. The van der Waals surface area contributed by atoms with Crippen molar-refractivity contribution in [3.63, 3.8) is 0 Å². The number of carbonyl (C=O) groups excluding carboxylic acids is 1. The fourth-order valence-corrected chi connectivity index (χ4v) is 2.72. The molecule has 4 nitrogen and oxygen atoms in total. The summed E-state index contributed by atoms with van der Waals surface area (Å²) in [6.07, 6.45) is 1.78. The maximum absolute atomic E-state index is 11.6. The Hall–Kier alpha value is -1.84. The van der Waals surface area contributed by atoms with E-state index in [1.54, 1.807) is 14.0 Å². The molecule has 0 aliphatic carbocycles. The summed E-state index contributed by atoms with van der Waals surface area (Å²) in [6.45, 7) is 10.4. The van der Waals surface area contributed by atoms with E-state index in [2.05, 4.69) is 9.89 Å². The first-order chi connectivity index (χ1) is 10.7. The number of amidine groups is 1. The number of carbonyl (C=O) groups is 1. The van der Waals surface area contributed by atoms with Crippen LogP contribution in [0.4, 0.5) is 5.69 Å². The van der Waals surface area contributed by atoms with Gasteiger partial charge in [0.25, 0.3) is 0 Å². The molecule has 22 heavy (non-hydrogen) atoms. The molecular formula is C18H28N2O2. The molecule has 1 unspecified atom stereocenters. The van der Waals surface area contributed by atoms with Crippen molar-refractivity contribution >= 4 is 17.3 Å². The van der Waals surface area contributed by atoms with Crippen LogP contribution in [-0.4, -0.2) is 29.7 Å².